The lowest BCUT2D eigenvalue weighted by atomic mass is 9.80. The van der Waals surface area contributed by atoms with E-state index in [1.165, 1.54) is 18.4 Å². The molecule has 0 heterocycles. The first-order valence-corrected chi connectivity index (χ1v) is 8.73. The number of benzene rings is 1. The van der Waals surface area contributed by atoms with Crippen molar-refractivity contribution < 1.29 is 4.21 Å². The first-order chi connectivity index (χ1) is 9.65. The fourth-order valence-electron chi connectivity index (χ4n) is 3.11. The van der Waals surface area contributed by atoms with E-state index in [0.717, 1.165) is 24.2 Å². The lowest BCUT2D eigenvalue weighted by molar-refractivity contribution is 0.303. The second-order valence-electron chi connectivity index (χ2n) is 5.85. The van der Waals surface area contributed by atoms with Gasteiger partial charge >= 0.3 is 0 Å². The van der Waals surface area contributed by atoms with Crippen molar-refractivity contribution in [1.82, 2.24) is 0 Å². The average molecular weight is 289 g/mol. The third-order valence-electron chi connectivity index (χ3n) is 4.29. The molecule has 0 spiro atoms. The molecule has 4 unspecified atom stereocenters. The normalized spacial score (nSPS) is 27.8. The van der Waals surface area contributed by atoms with Gasteiger partial charge < -0.3 is 0 Å². The van der Waals surface area contributed by atoms with Crippen molar-refractivity contribution in [2.45, 2.75) is 56.1 Å². The van der Waals surface area contributed by atoms with Crippen molar-refractivity contribution in [1.29, 1.82) is 5.26 Å². The van der Waals surface area contributed by atoms with Crippen LogP contribution < -0.4 is 0 Å². The minimum atomic E-state index is -1.05. The predicted octanol–water partition coefficient (Wildman–Crippen LogP) is 4.21. The zero-order chi connectivity index (χ0) is 14.5. The van der Waals surface area contributed by atoms with Crippen LogP contribution in [0.25, 0.3) is 0 Å². The minimum Gasteiger partial charge on any atom is -0.254 e. The van der Waals surface area contributed by atoms with Gasteiger partial charge in [0.25, 0.3) is 0 Å². The Morgan fingerprint density at radius 2 is 2.00 bits per heavy atom. The summed E-state index contributed by atoms with van der Waals surface area (Å²) in [5.41, 5.74) is 1.18. The van der Waals surface area contributed by atoms with Gasteiger partial charge in [0.1, 0.15) is 0 Å². The van der Waals surface area contributed by atoms with Crippen LogP contribution in [0.1, 0.15) is 44.6 Å². The Balaban J connectivity index is 2.16. The lowest BCUT2D eigenvalue weighted by Gasteiger charge is -2.32. The van der Waals surface area contributed by atoms with Gasteiger partial charge in [-0.05, 0) is 44.2 Å². The minimum absolute atomic E-state index is 0.00741. The third kappa shape index (κ3) is 3.49. The molecule has 0 aliphatic heterocycles. The van der Waals surface area contributed by atoms with Crippen LogP contribution in [0.15, 0.2) is 29.2 Å². The molecule has 4 atom stereocenters. The van der Waals surface area contributed by atoms with E-state index in [-0.39, 0.29) is 11.2 Å². The summed E-state index contributed by atoms with van der Waals surface area (Å²) in [7, 11) is -1.05. The van der Waals surface area contributed by atoms with Crippen molar-refractivity contribution in [2.24, 2.45) is 11.8 Å². The summed E-state index contributed by atoms with van der Waals surface area (Å²) >= 11 is 0. The molecule has 0 bridgehead atoms. The lowest BCUT2D eigenvalue weighted by Crippen LogP contribution is -2.32. The Morgan fingerprint density at radius 3 is 2.60 bits per heavy atom. The summed E-state index contributed by atoms with van der Waals surface area (Å²) < 4.78 is 12.8. The van der Waals surface area contributed by atoms with Crippen LogP contribution >= 0.6 is 0 Å². The first-order valence-electron chi connectivity index (χ1n) is 7.52. The first kappa shape index (κ1) is 15.3. The van der Waals surface area contributed by atoms with Crippen LogP contribution in [0.5, 0.6) is 0 Å². The van der Waals surface area contributed by atoms with Crippen LogP contribution in [0.3, 0.4) is 0 Å². The molecule has 3 heteroatoms. The monoisotopic (exact) mass is 289 g/mol. The van der Waals surface area contributed by atoms with Gasteiger partial charge in [0.15, 0.2) is 0 Å². The molecule has 108 valence electrons. The Hall–Kier alpha value is -1.14. The molecule has 1 aliphatic rings. The SMILES string of the molecule is CCCC1CCC(C#N)C(S(=O)c2ccc(C)cc2)C1. The van der Waals surface area contributed by atoms with E-state index in [1.54, 1.807) is 0 Å². The van der Waals surface area contributed by atoms with Gasteiger partial charge in [-0.1, -0.05) is 37.5 Å². The standard InChI is InChI=1S/C17H23NOS/c1-3-4-14-7-8-15(12-18)17(11-14)20(19)16-9-5-13(2)6-10-16/h5-6,9-10,14-15,17H,3-4,7-8,11H2,1-2H3. The summed E-state index contributed by atoms with van der Waals surface area (Å²) in [6.07, 6.45) is 5.33. The van der Waals surface area contributed by atoms with Crippen LogP contribution in [0.4, 0.5) is 0 Å². The highest BCUT2D eigenvalue weighted by molar-refractivity contribution is 7.85. The van der Waals surface area contributed by atoms with Crippen molar-refractivity contribution >= 4 is 10.8 Å². The smallest absolute Gasteiger partial charge is 0.0668 e. The fraction of sp³-hybridized carbons (Fsp3) is 0.588. The van der Waals surface area contributed by atoms with Crippen molar-refractivity contribution in [3.8, 4) is 6.07 Å². The number of nitrogens with zero attached hydrogens (tertiary/aromatic N) is 1. The molecule has 1 aliphatic carbocycles. The van der Waals surface area contributed by atoms with Gasteiger partial charge in [-0.3, -0.25) is 4.21 Å². The molecule has 2 nitrogen and oxygen atoms in total. The van der Waals surface area contributed by atoms with Gasteiger partial charge in [-0.2, -0.15) is 5.26 Å². The predicted molar refractivity (Wildman–Crippen MR) is 82.7 cm³/mol. The molecule has 1 aromatic rings. The Bertz CT molecular complexity index is 503. The molecule has 0 amide bonds. The molecule has 2 rings (SSSR count). The quantitative estimate of drug-likeness (QED) is 0.833. The zero-order valence-electron chi connectivity index (χ0n) is 12.3. The second kappa shape index (κ2) is 7.04. The third-order valence-corrected chi connectivity index (χ3v) is 6.10. The highest BCUT2D eigenvalue weighted by Gasteiger charge is 2.34. The number of aryl methyl sites for hydroxylation is 1. The van der Waals surface area contributed by atoms with E-state index in [2.05, 4.69) is 13.0 Å². The molecule has 0 N–H and O–H groups in total. The number of rotatable bonds is 4. The van der Waals surface area contributed by atoms with Gasteiger partial charge in [-0.15, -0.1) is 0 Å². The van der Waals surface area contributed by atoms with E-state index in [9.17, 15) is 9.47 Å². The van der Waals surface area contributed by atoms with Crippen LogP contribution in [0.2, 0.25) is 0 Å². The molecule has 0 aromatic heterocycles. The maximum atomic E-state index is 12.8. The van der Waals surface area contributed by atoms with Crippen molar-refractivity contribution in [3.63, 3.8) is 0 Å². The Morgan fingerprint density at radius 1 is 1.30 bits per heavy atom. The molecule has 0 radical (unpaired) electrons. The number of hydrogen-bond acceptors (Lipinski definition) is 2. The van der Waals surface area contributed by atoms with E-state index >= 15 is 0 Å². The number of nitriles is 1. The van der Waals surface area contributed by atoms with Crippen LogP contribution in [0, 0.1) is 30.1 Å². The largest absolute Gasteiger partial charge is 0.254 e. The molecular weight excluding hydrogens is 266 g/mol. The molecule has 0 saturated heterocycles. The summed E-state index contributed by atoms with van der Waals surface area (Å²) in [6.45, 7) is 4.23. The average Bonchev–Trinajstić information content (AvgIpc) is 2.47. The zero-order valence-corrected chi connectivity index (χ0v) is 13.2. The molecule has 20 heavy (non-hydrogen) atoms. The van der Waals surface area contributed by atoms with E-state index < -0.39 is 10.8 Å². The Kier molecular flexibility index (Phi) is 5.37. The fourth-order valence-corrected chi connectivity index (χ4v) is 4.81. The summed E-state index contributed by atoms with van der Waals surface area (Å²) in [5.74, 6) is 0.592. The second-order valence-corrected chi connectivity index (χ2v) is 7.52. The highest BCUT2D eigenvalue weighted by Crippen LogP contribution is 2.36. The summed E-state index contributed by atoms with van der Waals surface area (Å²) in [5, 5.41) is 9.34. The maximum absolute atomic E-state index is 12.8. The van der Waals surface area contributed by atoms with Gasteiger partial charge in [0, 0.05) is 4.90 Å². The van der Waals surface area contributed by atoms with Crippen LogP contribution in [-0.4, -0.2) is 9.46 Å². The summed E-state index contributed by atoms with van der Waals surface area (Å²) in [6, 6.07) is 10.3. The number of hydrogen-bond donors (Lipinski definition) is 0. The van der Waals surface area contributed by atoms with Crippen molar-refractivity contribution in [3.05, 3.63) is 29.8 Å². The summed E-state index contributed by atoms with van der Waals surface area (Å²) in [4.78, 5) is 0.873. The molecule has 1 fully saturated rings. The Labute approximate surface area is 124 Å². The van der Waals surface area contributed by atoms with Gasteiger partial charge in [-0.25, -0.2) is 0 Å². The van der Waals surface area contributed by atoms with Crippen molar-refractivity contribution in [2.75, 3.05) is 0 Å². The van der Waals surface area contributed by atoms with E-state index in [4.69, 9.17) is 0 Å². The van der Waals surface area contributed by atoms with Gasteiger partial charge in [0.05, 0.1) is 28.0 Å². The van der Waals surface area contributed by atoms with Gasteiger partial charge in [0.2, 0.25) is 0 Å². The molecular formula is C17H23NOS. The molecule has 1 aromatic carbocycles. The molecule has 1 saturated carbocycles. The maximum Gasteiger partial charge on any atom is 0.0668 e. The van der Waals surface area contributed by atoms with E-state index in [0.29, 0.717) is 5.92 Å². The topological polar surface area (TPSA) is 40.9 Å². The van der Waals surface area contributed by atoms with E-state index in [1.807, 2.05) is 31.2 Å². The van der Waals surface area contributed by atoms with Crippen LogP contribution in [-0.2, 0) is 10.8 Å². The highest BCUT2D eigenvalue weighted by atomic mass is 32.2.